The summed E-state index contributed by atoms with van der Waals surface area (Å²) in [5.41, 5.74) is 0. The van der Waals surface area contributed by atoms with Gasteiger partial charge in [0, 0.05) is 38.8 Å². The van der Waals surface area contributed by atoms with Crippen molar-refractivity contribution in [3.63, 3.8) is 0 Å². The van der Waals surface area contributed by atoms with E-state index in [1.807, 2.05) is 18.8 Å². The molecule has 0 aromatic carbocycles. The van der Waals surface area contributed by atoms with E-state index in [9.17, 15) is 0 Å². The van der Waals surface area contributed by atoms with Crippen LogP contribution in [0.3, 0.4) is 0 Å². The molecule has 5 heteroatoms. The molecule has 1 aliphatic heterocycles. The van der Waals surface area contributed by atoms with Gasteiger partial charge in [-0.05, 0) is 44.6 Å². The summed E-state index contributed by atoms with van der Waals surface area (Å²) in [6, 6.07) is 1.14. The maximum atomic E-state index is 4.34. The molecule has 0 aliphatic carbocycles. The van der Waals surface area contributed by atoms with Crippen molar-refractivity contribution in [2.45, 2.75) is 45.7 Å². The fourth-order valence-electron chi connectivity index (χ4n) is 2.56. The van der Waals surface area contributed by atoms with Crippen LogP contribution >= 0.6 is 11.8 Å². The molecule has 1 fully saturated rings. The van der Waals surface area contributed by atoms with Crippen molar-refractivity contribution in [2.24, 2.45) is 10.9 Å². The largest absolute Gasteiger partial charge is 0.356 e. The van der Waals surface area contributed by atoms with Gasteiger partial charge in [-0.25, -0.2) is 0 Å². The van der Waals surface area contributed by atoms with Gasteiger partial charge in [0.1, 0.15) is 0 Å². The number of unbranched alkanes of at least 4 members (excludes halogenated alkanes) is 1. The number of hydrogen-bond donors (Lipinski definition) is 2. The van der Waals surface area contributed by atoms with E-state index in [1.165, 1.54) is 25.1 Å². The Bertz CT molecular complexity index is 294. The van der Waals surface area contributed by atoms with Crippen LogP contribution in [0.1, 0.15) is 33.6 Å². The lowest BCUT2D eigenvalue weighted by Crippen LogP contribution is -2.47. The second-order valence-corrected chi connectivity index (χ2v) is 6.96. The molecule has 2 N–H and O–H groups in total. The van der Waals surface area contributed by atoms with Gasteiger partial charge in [-0.15, -0.1) is 0 Å². The van der Waals surface area contributed by atoms with Gasteiger partial charge < -0.3 is 10.6 Å². The predicted molar refractivity (Wildman–Crippen MR) is 91.8 cm³/mol. The van der Waals surface area contributed by atoms with Crippen LogP contribution in [0.2, 0.25) is 0 Å². The highest BCUT2D eigenvalue weighted by atomic mass is 32.2. The number of guanidine groups is 1. The number of thioether (sulfide) groups is 1. The number of aliphatic imine (C=N–C) groups is 1. The summed E-state index contributed by atoms with van der Waals surface area (Å²) in [6.45, 7) is 10.2. The third-order valence-electron chi connectivity index (χ3n) is 3.98. The van der Waals surface area contributed by atoms with Crippen molar-refractivity contribution in [3.05, 3.63) is 0 Å². The minimum Gasteiger partial charge on any atom is -0.356 e. The monoisotopic (exact) mass is 300 g/mol. The fourth-order valence-corrected chi connectivity index (χ4v) is 3.06. The molecule has 1 aliphatic rings. The maximum Gasteiger partial charge on any atom is 0.191 e. The summed E-state index contributed by atoms with van der Waals surface area (Å²) in [4.78, 5) is 6.88. The highest BCUT2D eigenvalue weighted by Crippen LogP contribution is 2.18. The molecule has 0 bridgehead atoms. The molecule has 20 heavy (non-hydrogen) atoms. The molecule has 0 saturated carbocycles. The summed E-state index contributed by atoms with van der Waals surface area (Å²) in [5.74, 6) is 2.88. The second-order valence-electron chi connectivity index (χ2n) is 5.97. The molecule has 0 radical (unpaired) electrons. The van der Waals surface area contributed by atoms with Gasteiger partial charge in [0.05, 0.1) is 0 Å². The lowest BCUT2D eigenvalue weighted by Gasteiger charge is -2.21. The minimum atomic E-state index is 0.509. The zero-order valence-electron chi connectivity index (χ0n) is 13.8. The van der Waals surface area contributed by atoms with Gasteiger partial charge in [-0.1, -0.05) is 6.92 Å². The fraction of sp³-hybridized carbons (Fsp3) is 0.933. The average molecular weight is 301 g/mol. The molecule has 0 amide bonds. The van der Waals surface area contributed by atoms with Crippen LogP contribution in [0.15, 0.2) is 4.99 Å². The van der Waals surface area contributed by atoms with Crippen LogP contribution in [0.4, 0.5) is 0 Å². The SMILES string of the molecule is CN=C(NCCCCSC)NC1CN(C(C)C)CC1C. The molecule has 1 rings (SSSR count). The molecule has 118 valence electrons. The van der Waals surface area contributed by atoms with E-state index >= 15 is 0 Å². The first-order valence-electron chi connectivity index (χ1n) is 7.78. The van der Waals surface area contributed by atoms with Gasteiger partial charge in [-0.3, -0.25) is 9.89 Å². The number of rotatable bonds is 7. The first kappa shape index (κ1) is 17.6. The Morgan fingerprint density at radius 3 is 2.65 bits per heavy atom. The summed E-state index contributed by atoms with van der Waals surface area (Å²) >= 11 is 1.92. The molecule has 4 nitrogen and oxygen atoms in total. The van der Waals surface area contributed by atoms with Crippen molar-refractivity contribution in [1.29, 1.82) is 0 Å². The van der Waals surface area contributed by atoms with Crippen LogP contribution in [0, 0.1) is 5.92 Å². The summed E-state index contributed by atoms with van der Waals surface area (Å²) in [7, 11) is 1.86. The molecule has 1 heterocycles. The van der Waals surface area contributed by atoms with Gasteiger partial charge in [0.2, 0.25) is 0 Å². The lowest BCUT2D eigenvalue weighted by atomic mass is 10.1. The molecule has 1 saturated heterocycles. The minimum absolute atomic E-state index is 0.509. The van der Waals surface area contributed by atoms with E-state index in [0.717, 1.165) is 19.0 Å². The number of hydrogen-bond acceptors (Lipinski definition) is 3. The van der Waals surface area contributed by atoms with Gasteiger partial charge >= 0.3 is 0 Å². The van der Waals surface area contributed by atoms with Crippen molar-refractivity contribution in [2.75, 3.05) is 38.7 Å². The average Bonchev–Trinajstić information content (AvgIpc) is 2.78. The third kappa shape index (κ3) is 5.92. The Morgan fingerprint density at radius 2 is 2.10 bits per heavy atom. The van der Waals surface area contributed by atoms with Crippen LogP contribution in [-0.4, -0.2) is 61.6 Å². The third-order valence-corrected chi connectivity index (χ3v) is 4.68. The van der Waals surface area contributed by atoms with Crippen LogP contribution in [-0.2, 0) is 0 Å². The molecule has 0 aromatic heterocycles. The molecule has 0 spiro atoms. The lowest BCUT2D eigenvalue weighted by molar-refractivity contribution is 0.265. The summed E-state index contributed by atoms with van der Waals surface area (Å²) in [5, 5.41) is 7.01. The van der Waals surface area contributed by atoms with Gasteiger partial charge in [0.25, 0.3) is 0 Å². The van der Waals surface area contributed by atoms with E-state index in [2.05, 4.69) is 47.6 Å². The van der Waals surface area contributed by atoms with Crippen molar-refractivity contribution >= 4 is 17.7 Å². The summed E-state index contributed by atoms with van der Waals surface area (Å²) < 4.78 is 0. The topological polar surface area (TPSA) is 39.7 Å². The van der Waals surface area contributed by atoms with Crippen LogP contribution in [0.25, 0.3) is 0 Å². The Morgan fingerprint density at radius 1 is 1.35 bits per heavy atom. The summed E-state index contributed by atoms with van der Waals surface area (Å²) in [6.07, 6.45) is 4.64. The van der Waals surface area contributed by atoms with E-state index in [-0.39, 0.29) is 0 Å². The van der Waals surface area contributed by atoms with Crippen LogP contribution in [0.5, 0.6) is 0 Å². The number of nitrogens with one attached hydrogen (secondary N) is 2. The van der Waals surface area contributed by atoms with Crippen molar-refractivity contribution in [1.82, 2.24) is 15.5 Å². The normalized spacial score (nSPS) is 24.4. The van der Waals surface area contributed by atoms with Crippen molar-refractivity contribution in [3.8, 4) is 0 Å². The second kappa shape index (κ2) is 9.50. The zero-order chi connectivity index (χ0) is 15.0. The predicted octanol–water partition coefficient (Wildman–Crippen LogP) is 2.02. The first-order chi connectivity index (χ1) is 9.58. The Hall–Kier alpha value is -0.420. The zero-order valence-corrected chi connectivity index (χ0v) is 14.6. The number of likely N-dealkylation sites (tertiary alicyclic amines) is 1. The molecular weight excluding hydrogens is 268 g/mol. The highest BCUT2D eigenvalue weighted by molar-refractivity contribution is 7.98. The number of nitrogens with zero attached hydrogens (tertiary/aromatic N) is 2. The molecule has 2 atom stereocenters. The van der Waals surface area contributed by atoms with E-state index in [1.54, 1.807) is 0 Å². The molecular formula is C15H32N4S. The Kier molecular flexibility index (Phi) is 8.38. The van der Waals surface area contributed by atoms with Gasteiger partial charge in [0.15, 0.2) is 5.96 Å². The molecule has 0 aromatic rings. The van der Waals surface area contributed by atoms with E-state index < -0.39 is 0 Å². The van der Waals surface area contributed by atoms with E-state index in [4.69, 9.17) is 0 Å². The Balaban J connectivity index is 2.30. The van der Waals surface area contributed by atoms with Crippen LogP contribution < -0.4 is 10.6 Å². The quantitative estimate of drug-likeness (QED) is 0.429. The highest BCUT2D eigenvalue weighted by Gasteiger charge is 2.31. The smallest absolute Gasteiger partial charge is 0.191 e. The molecule has 2 unspecified atom stereocenters. The van der Waals surface area contributed by atoms with E-state index in [0.29, 0.717) is 18.0 Å². The van der Waals surface area contributed by atoms with Crippen molar-refractivity contribution < 1.29 is 0 Å². The maximum absolute atomic E-state index is 4.34. The Labute approximate surface area is 129 Å². The standard InChI is InChI=1S/C15H32N4S/c1-12(2)19-10-13(3)14(11-19)18-15(16-4)17-8-6-7-9-20-5/h12-14H,6-11H2,1-5H3,(H2,16,17,18). The first-order valence-corrected chi connectivity index (χ1v) is 9.18. The van der Waals surface area contributed by atoms with Gasteiger partial charge in [-0.2, -0.15) is 11.8 Å².